The first-order chi connectivity index (χ1) is 9.60. The molecule has 0 bridgehead atoms. The molecule has 1 aromatic rings. The van der Waals surface area contributed by atoms with Gasteiger partial charge in [0, 0.05) is 16.3 Å². The predicted molar refractivity (Wildman–Crippen MR) is 82.1 cm³/mol. The van der Waals surface area contributed by atoms with Gasteiger partial charge in [-0.1, -0.05) is 22.0 Å². The lowest BCUT2D eigenvalue weighted by molar-refractivity contribution is -0.139. The molecule has 1 amide bonds. The number of carbonyl (C=O) groups excluding carboxylic acids is 1. The molecular formula is C13H16BrNO5S. The van der Waals surface area contributed by atoms with Gasteiger partial charge in [-0.15, -0.1) is 0 Å². The van der Waals surface area contributed by atoms with Crippen LogP contribution in [0.1, 0.15) is 22.3 Å². The first-order valence-electron chi connectivity index (χ1n) is 6.07. The zero-order chi connectivity index (χ0) is 16.2. The number of sulfone groups is 1. The second-order valence-electron chi connectivity index (χ2n) is 4.74. The molecule has 0 aliphatic rings. The van der Waals surface area contributed by atoms with Crippen molar-refractivity contribution in [3.8, 4) is 0 Å². The molecule has 116 valence electrons. The molecule has 0 saturated carbocycles. The monoisotopic (exact) mass is 377 g/mol. The van der Waals surface area contributed by atoms with Gasteiger partial charge in [-0.3, -0.25) is 4.79 Å². The van der Waals surface area contributed by atoms with Crippen LogP contribution in [-0.4, -0.2) is 43.5 Å². The highest BCUT2D eigenvalue weighted by atomic mass is 79.9. The molecule has 0 aliphatic heterocycles. The Balaban J connectivity index is 2.86. The number of carboxylic acids is 1. The van der Waals surface area contributed by atoms with E-state index in [1.165, 1.54) is 0 Å². The Morgan fingerprint density at radius 1 is 1.38 bits per heavy atom. The quantitative estimate of drug-likeness (QED) is 0.779. The van der Waals surface area contributed by atoms with E-state index in [4.69, 9.17) is 5.11 Å². The molecule has 2 N–H and O–H groups in total. The van der Waals surface area contributed by atoms with Crippen LogP contribution in [0.4, 0.5) is 0 Å². The maximum Gasteiger partial charge on any atom is 0.326 e. The van der Waals surface area contributed by atoms with E-state index in [-0.39, 0.29) is 12.2 Å². The van der Waals surface area contributed by atoms with E-state index in [1.54, 1.807) is 25.1 Å². The lowest BCUT2D eigenvalue weighted by Gasteiger charge is -2.15. The van der Waals surface area contributed by atoms with E-state index in [2.05, 4.69) is 21.2 Å². The summed E-state index contributed by atoms with van der Waals surface area (Å²) in [7, 11) is -3.29. The Labute approximate surface area is 131 Å². The summed E-state index contributed by atoms with van der Waals surface area (Å²) in [6.45, 7) is 1.73. The fraction of sp³-hybridized carbons (Fsp3) is 0.385. The molecule has 6 nitrogen and oxygen atoms in total. The number of benzene rings is 1. The standard InChI is InChI=1S/C13H16BrNO5S/c1-8-3-4-9(14)7-10(8)12(16)15-11(13(17)18)5-6-21(2,19)20/h3-4,7,11H,5-6H2,1-2H3,(H,15,16)(H,17,18). The van der Waals surface area contributed by atoms with Crippen LogP contribution in [0.3, 0.4) is 0 Å². The number of hydrogen-bond acceptors (Lipinski definition) is 4. The lowest BCUT2D eigenvalue weighted by atomic mass is 10.1. The topological polar surface area (TPSA) is 101 Å². The molecule has 8 heteroatoms. The molecule has 1 rings (SSSR count). The van der Waals surface area contributed by atoms with Crippen LogP contribution in [0.5, 0.6) is 0 Å². The number of hydrogen-bond donors (Lipinski definition) is 2. The van der Waals surface area contributed by atoms with Gasteiger partial charge in [-0.2, -0.15) is 0 Å². The van der Waals surface area contributed by atoms with Crippen molar-refractivity contribution in [2.45, 2.75) is 19.4 Å². The number of halogens is 1. The third-order valence-corrected chi connectivity index (χ3v) is 4.30. The number of rotatable bonds is 6. The zero-order valence-electron chi connectivity index (χ0n) is 11.6. The minimum atomic E-state index is -3.29. The van der Waals surface area contributed by atoms with Crippen molar-refractivity contribution in [2.24, 2.45) is 0 Å². The highest BCUT2D eigenvalue weighted by Crippen LogP contribution is 2.16. The van der Waals surface area contributed by atoms with E-state index < -0.39 is 27.8 Å². The largest absolute Gasteiger partial charge is 0.480 e. The molecule has 1 aromatic carbocycles. The van der Waals surface area contributed by atoms with E-state index in [9.17, 15) is 18.0 Å². The first kappa shape index (κ1) is 17.6. The first-order valence-corrected chi connectivity index (χ1v) is 8.93. The maximum atomic E-state index is 12.1. The summed E-state index contributed by atoms with van der Waals surface area (Å²) in [5, 5.41) is 11.4. The van der Waals surface area contributed by atoms with Crippen molar-refractivity contribution in [3.63, 3.8) is 0 Å². The van der Waals surface area contributed by atoms with Crippen LogP contribution in [0.15, 0.2) is 22.7 Å². The highest BCUT2D eigenvalue weighted by molar-refractivity contribution is 9.10. The van der Waals surface area contributed by atoms with Crippen molar-refractivity contribution >= 4 is 37.6 Å². The van der Waals surface area contributed by atoms with E-state index in [1.807, 2.05) is 0 Å². The molecule has 0 fully saturated rings. The summed E-state index contributed by atoms with van der Waals surface area (Å²) < 4.78 is 22.9. The van der Waals surface area contributed by atoms with Crippen molar-refractivity contribution in [2.75, 3.05) is 12.0 Å². The number of nitrogens with one attached hydrogen (secondary N) is 1. The summed E-state index contributed by atoms with van der Waals surface area (Å²) in [4.78, 5) is 23.2. The van der Waals surface area contributed by atoms with E-state index in [0.29, 0.717) is 15.6 Å². The van der Waals surface area contributed by atoms with Crippen LogP contribution in [-0.2, 0) is 14.6 Å². The predicted octanol–water partition coefficient (Wildman–Crippen LogP) is 1.38. The van der Waals surface area contributed by atoms with Gasteiger partial charge in [0.1, 0.15) is 15.9 Å². The number of amides is 1. The molecule has 0 saturated heterocycles. The molecule has 1 atom stereocenters. The van der Waals surface area contributed by atoms with Crippen LogP contribution >= 0.6 is 15.9 Å². The van der Waals surface area contributed by atoms with Crippen molar-refractivity contribution in [1.29, 1.82) is 0 Å². The minimum Gasteiger partial charge on any atom is -0.480 e. The van der Waals surface area contributed by atoms with Crippen molar-refractivity contribution < 1.29 is 23.1 Å². The van der Waals surface area contributed by atoms with Gasteiger partial charge in [0.15, 0.2) is 0 Å². The molecule has 21 heavy (non-hydrogen) atoms. The average molecular weight is 378 g/mol. The molecule has 1 unspecified atom stereocenters. The molecule has 0 aliphatic carbocycles. The highest BCUT2D eigenvalue weighted by Gasteiger charge is 2.23. The fourth-order valence-corrected chi connectivity index (χ4v) is 2.69. The Morgan fingerprint density at radius 2 is 2.00 bits per heavy atom. The number of aryl methyl sites for hydroxylation is 1. The number of carboxylic acid groups (broad SMARTS) is 1. The van der Waals surface area contributed by atoms with E-state index in [0.717, 1.165) is 6.26 Å². The third-order valence-electron chi connectivity index (χ3n) is 2.82. The van der Waals surface area contributed by atoms with Crippen LogP contribution in [0.25, 0.3) is 0 Å². The summed E-state index contributed by atoms with van der Waals surface area (Å²) in [6.07, 6.45) is 0.846. The van der Waals surface area contributed by atoms with Crippen LogP contribution in [0.2, 0.25) is 0 Å². The summed E-state index contributed by atoms with van der Waals surface area (Å²) >= 11 is 3.24. The lowest BCUT2D eigenvalue weighted by Crippen LogP contribution is -2.42. The number of aliphatic carboxylic acids is 1. The summed E-state index contributed by atoms with van der Waals surface area (Å²) in [5.74, 6) is -2.11. The summed E-state index contributed by atoms with van der Waals surface area (Å²) in [6, 6.07) is 3.83. The van der Waals surface area contributed by atoms with Gasteiger partial charge in [0.2, 0.25) is 0 Å². The Bertz CT molecular complexity index is 657. The SMILES string of the molecule is Cc1ccc(Br)cc1C(=O)NC(CCS(C)(=O)=O)C(=O)O. The number of carbonyl (C=O) groups is 2. The Kier molecular flexibility index (Phi) is 5.91. The second kappa shape index (κ2) is 7.04. The smallest absolute Gasteiger partial charge is 0.326 e. The zero-order valence-corrected chi connectivity index (χ0v) is 14.0. The molecule has 0 spiro atoms. The molecular weight excluding hydrogens is 362 g/mol. The van der Waals surface area contributed by atoms with Crippen LogP contribution in [0, 0.1) is 6.92 Å². The Morgan fingerprint density at radius 3 is 2.52 bits per heavy atom. The molecule has 0 radical (unpaired) electrons. The van der Waals surface area contributed by atoms with Crippen molar-refractivity contribution in [1.82, 2.24) is 5.32 Å². The van der Waals surface area contributed by atoms with Crippen LogP contribution < -0.4 is 5.32 Å². The minimum absolute atomic E-state index is 0.174. The summed E-state index contributed by atoms with van der Waals surface area (Å²) in [5.41, 5.74) is 1.04. The van der Waals surface area contributed by atoms with Gasteiger partial charge in [-0.05, 0) is 31.0 Å². The third kappa shape index (κ3) is 5.84. The fourth-order valence-electron chi connectivity index (χ4n) is 1.66. The molecule has 0 heterocycles. The van der Waals surface area contributed by atoms with Gasteiger partial charge in [-0.25, -0.2) is 13.2 Å². The van der Waals surface area contributed by atoms with E-state index >= 15 is 0 Å². The normalized spacial score (nSPS) is 12.7. The van der Waals surface area contributed by atoms with Gasteiger partial charge < -0.3 is 10.4 Å². The van der Waals surface area contributed by atoms with Gasteiger partial charge in [0.25, 0.3) is 5.91 Å². The average Bonchev–Trinajstić information content (AvgIpc) is 2.35. The van der Waals surface area contributed by atoms with Crippen molar-refractivity contribution in [3.05, 3.63) is 33.8 Å². The maximum absolute atomic E-state index is 12.1. The molecule has 0 aromatic heterocycles. The second-order valence-corrected chi connectivity index (χ2v) is 7.92. The van der Waals surface area contributed by atoms with Gasteiger partial charge in [0.05, 0.1) is 5.75 Å². The Hall–Kier alpha value is -1.41. The van der Waals surface area contributed by atoms with Gasteiger partial charge >= 0.3 is 5.97 Å².